The molecular weight excluding hydrogens is 651 g/mol. The van der Waals surface area contributed by atoms with Gasteiger partial charge >= 0.3 is 0 Å². The Balaban J connectivity index is 1.30. The van der Waals surface area contributed by atoms with Gasteiger partial charge in [-0.1, -0.05) is 133 Å². The molecule has 0 N–H and O–H groups in total. The molecule has 0 unspecified atom stereocenters. The number of hydrogen-bond donors (Lipinski definition) is 0. The molecule has 0 atom stereocenters. The third-order valence-electron chi connectivity index (χ3n) is 10.9. The molecule has 11 aromatic rings. The zero-order chi connectivity index (χ0) is 34.5. The maximum absolute atomic E-state index is 5.63. The topological polar surface area (TPSA) is 30.7 Å². The van der Waals surface area contributed by atoms with Crippen molar-refractivity contribution in [2.24, 2.45) is 0 Å². The van der Waals surface area contributed by atoms with Crippen LogP contribution in [0.2, 0.25) is 0 Å². The van der Waals surface area contributed by atoms with Crippen LogP contribution in [0.4, 0.5) is 0 Å². The molecule has 0 aliphatic carbocycles. The van der Waals surface area contributed by atoms with Gasteiger partial charge in [0.1, 0.15) is 4.83 Å². The first-order valence-corrected chi connectivity index (χ1v) is 18.6. The maximum Gasteiger partial charge on any atom is 0.236 e. The number of aryl methyl sites for hydroxylation is 2. The quantitative estimate of drug-likeness (QED) is 0.174. The van der Waals surface area contributed by atoms with Gasteiger partial charge in [-0.15, -0.1) is 11.3 Å². The highest BCUT2D eigenvalue weighted by Crippen LogP contribution is 2.46. The van der Waals surface area contributed by atoms with Crippen LogP contribution in [0.3, 0.4) is 0 Å². The Kier molecular flexibility index (Phi) is 6.25. The monoisotopic (exact) mass is 681 g/mol. The van der Waals surface area contributed by atoms with E-state index < -0.39 is 0 Å². The van der Waals surface area contributed by atoms with Gasteiger partial charge in [0.05, 0.1) is 16.7 Å². The average Bonchev–Trinajstić information content (AvgIpc) is 3.74. The predicted molar refractivity (Wildman–Crippen MR) is 222 cm³/mol. The van der Waals surface area contributed by atoms with Crippen LogP contribution in [-0.4, -0.2) is 14.5 Å². The molecule has 11 rings (SSSR count). The van der Waals surface area contributed by atoms with E-state index in [1.165, 1.54) is 75.4 Å². The summed E-state index contributed by atoms with van der Waals surface area (Å²) >= 11 is 1.74. The lowest BCUT2D eigenvalue weighted by molar-refractivity contribution is 1.02. The van der Waals surface area contributed by atoms with E-state index in [1.54, 1.807) is 11.3 Å². The van der Waals surface area contributed by atoms with Gasteiger partial charge in [0, 0.05) is 37.4 Å². The summed E-state index contributed by atoms with van der Waals surface area (Å²) < 4.78 is 3.55. The van der Waals surface area contributed by atoms with E-state index in [-0.39, 0.29) is 0 Å². The van der Waals surface area contributed by atoms with Crippen LogP contribution < -0.4 is 0 Å². The summed E-state index contributed by atoms with van der Waals surface area (Å²) in [5, 5.41) is 12.2. The number of benzene rings is 8. The van der Waals surface area contributed by atoms with Crippen molar-refractivity contribution in [3.63, 3.8) is 0 Å². The Morgan fingerprint density at radius 3 is 2.06 bits per heavy atom. The number of nitrogens with zero attached hydrogens (tertiary/aromatic N) is 3. The highest BCUT2D eigenvalue weighted by molar-refractivity contribution is 7.25. The molecule has 3 nitrogen and oxygen atoms in total. The zero-order valence-corrected chi connectivity index (χ0v) is 29.5. The Morgan fingerprint density at radius 2 is 1.19 bits per heavy atom. The molecule has 0 fully saturated rings. The van der Waals surface area contributed by atoms with Gasteiger partial charge in [-0.25, -0.2) is 9.97 Å². The lowest BCUT2D eigenvalue weighted by atomic mass is 9.89. The largest absolute Gasteiger partial charge is 0.277 e. The fourth-order valence-electron chi connectivity index (χ4n) is 8.56. The van der Waals surface area contributed by atoms with Crippen LogP contribution in [0.15, 0.2) is 152 Å². The van der Waals surface area contributed by atoms with Crippen molar-refractivity contribution in [2.75, 3.05) is 0 Å². The molecule has 4 heteroatoms. The molecule has 0 aliphatic rings. The van der Waals surface area contributed by atoms with E-state index in [4.69, 9.17) is 9.97 Å². The van der Waals surface area contributed by atoms with Gasteiger partial charge in [0.2, 0.25) is 5.95 Å². The van der Waals surface area contributed by atoms with Crippen molar-refractivity contribution < 1.29 is 0 Å². The molecule has 0 saturated heterocycles. The zero-order valence-electron chi connectivity index (χ0n) is 28.7. The van der Waals surface area contributed by atoms with Gasteiger partial charge in [0.15, 0.2) is 0 Å². The SMILES string of the molecule is Cc1ccccc1-c1c(C)c2ccccc2c2c3ccccc3n(-c3nc(-c4ccc5c(ccc6ccccc65)c4)c4c(n3)sc3ccccc34)c12. The number of rotatable bonds is 3. The molecule has 244 valence electrons. The van der Waals surface area contributed by atoms with Gasteiger partial charge in [-0.2, -0.15) is 0 Å². The summed E-state index contributed by atoms with van der Waals surface area (Å²) in [5.74, 6) is 0.684. The fraction of sp³-hybridized carbons (Fsp3) is 0.0417. The van der Waals surface area contributed by atoms with Gasteiger partial charge in [-0.05, 0) is 81.1 Å². The van der Waals surface area contributed by atoms with E-state index >= 15 is 0 Å². The minimum atomic E-state index is 0.684. The number of thiophene rings is 1. The second-order valence-corrected chi connectivity index (χ2v) is 14.8. The first-order chi connectivity index (χ1) is 25.6. The van der Waals surface area contributed by atoms with Crippen molar-refractivity contribution in [1.29, 1.82) is 0 Å². The molecule has 0 aliphatic heterocycles. The first kappa shape index (κ1) is 29.4. The van der Waals surface area contributed by atoms with Gasteiger partial charge in [0.25, 0.3) is 0 Å². The van der Waals surface area contributed by atoms with Crippen molar-refractivity contribution in [3.05, 3.63) is 163 Å². The van der Waals surface area contributed by atoms with Crippen molar-refractivity contribution in [3.8, 4) is 28.3 Å². The van der Waals surface area contributed by atoms with Crippen LogP contribution in [0.1, 0.15) is 11.1 Å². The molecular formula is C48H31N3S. The Hall–Kier alpha value is -6.36. The predicted octanol–water partition coefficient (Wildman–Crippen LogP) is 13.4. The van der Waals surface area contributed by atoms with Crippen molar-refractivity contribution in [1.82, 2.24) is 14.5 Å². The molecule has 0 radical (unpaired) electrons. The van der Waals surface area contributed by atoms with Crippen molar-refractivity contribution >= 4 is 85.8 Å². The number of para-hydroxylation sites is 1. The second kappa shape index (κ2) is 11.1. The van der Waals surface area contributed by atoms with Crippen LogP contribution in [0, 0.1) is 13.8 Å². The number of fused-ring (bicyclic) bond motifs is 11. The Bertz CT molecular complexity index is 3270. The van der Waals surface area contributed by atoms with Gasteiger partial charge < -0.3 is 0 Å². The first-order valence-electron chi connectivity index (χ1n) is 17.8. The average molecular weight is 682 g/mol. The summed E-state index contributed by atoms with van der Waals surface area (Å²) in [7, 11) is 0. The molecule has 8 aromatic carbocycles. The maximum atomic E-state index is 5.63. The summed E-state index contributed by atoms with van der Waals surface area (Å²) in [6.45, 7) is 4.48. The van der Waals surface area contributed by atoms with Crippen LogP contribution in [0.25, 0.3) is 103 Å². The lowest BCUT2D eigenvalue weighted by Gasteiger charge is -2.18. The molecule has 0 spiro atoms. The van der Waals surface area contributed by atoms with E-state index in [1.807, 2.05) is 0 Å². The summed E-state index contributed by atoms with van der Waals surface area (Å²) in [4.78, 5) is 12.1. The molecule has 3 aromatic heterocycles. The Labute approximate surface area is 304 Å². The molecule has 0 amide bonds. The molecule has 3 heterocycles. The number of aromatic nitrogens is 3. The van der Waals surface area contributed by atoms with E-state index in [9.17, 15) is 0 Å². The number of hydrogen-bond acceptors (Lipinski definition) is 3. The van der Waals surface area contributed by atoms with Gasteiger partial charge in [-0.3, -0.25) is 4.57 Å². The summed E-state index contributed by atoms with van der Waals surface area (Å²) in [5.41, 5.74) is 9.22. The summed E-state index contributed by atoms with van der Waals surface area (Å²) in [6, 6.07) is 54.9. The summed E-state index contributed by atoms with van der Waals surface area (Å²) in [6.07, 6.45) is 0. The highest BCUT2D eigenvalue weighted by atomic mass is 32.1. The van der Waals surface area contributed by atoms with E-state index in [0.29, 0.717) is 5.95 Å². The third-order valence-corrected chi connectivity index (χ3v) is 12.0. The van der Waals surface area contributed by atoms with E-state index in [0.717, 1.165) is 32.5 Å². The van der Waals surface area contributed by atoms with Crippen LogP contribution in [0.5, 0.6) is 0 Å². The minimum absolute atomic E-state index is 0.684. The smallest absolute Gasteiger partial charge is 0.236 e. The highest BCUT2D eigenvalue weighted by Gasteiger charge is 2.25. The van der Waals surface area contributed by atoms with Crippen LogP contribution >= 0.6 is 11.3 Å². The molecule has 0 saturated carbocycles. The standard InChI is InChI=1S/C48H31N3S/c1-28-13-3-5-15-33(28)42-29(2)34-16-7-8-18-37(34)43-38-19-9-11-21-40(38)51(46(42)43)48-49-45(44-39-20-10-12-22-41(39)52-47(44)50-48)32-25-26-36-31(27-32)24-23-30-14-4-6-17-35(30)36/h3-27H,1-2H3. The second-order valence-electron chi connectivity index (χ2n) is 13.8. The molecule has 52 heavy (non-hydrogen) atoms. The molecule has 0 bridgehead atoms. The normalized spacial score (nSPS) is 12.0. The third kappa shape index (κ3) is 4.13. The Morgan fingerprint density at radius 1 is 0.519 bits per heavy atom. The lowest BCUT2D eigenvalue weighted by Crippen LogP contribution is -2.04. The van der Waals surface area contributed by atoms with Crippen LogP contribution in [-0.2, 0) is 0 Å². The van der Waals surface area contributed by atoms with Crippen molar-refractivity contribution in [2.45, 2.75) is 13.8 Å². The van der Waals surface area contributed by atoms with E-state index in [2.05, 4.69) is 170 Å². The fourth-order valence-corrected chi connectivity index (χ4v) is 9.63. The minimum Gasteiger partial charge on any atom is -0.277 e.